The van der Waals surface area contributed by atoms with E-state index in [2.05, 4.69) is 9.84 Å². The van der Waals surface area contributed by atoms with Crippen LogP contribution >= 0.6 is 0 Å². The second-order valence-electron chi connectivity index (χ2n) is 3.24. The molecule has 17 heavy (non-hydrogen) atoms. The number of carbonyl (C=O) groups excluding carboxylic acids is 2. The van der Waals surface area contributed by atoms with Gasteiger partial charge in [0.15, 0.2) is 0 Å². The molecule has 1 aromatic rings. The van der Waals surface area contributed by atoms with Crippen LogP contribution in [0.1, 0.15) is 37.0 Å². The maximum Gasteiger partial charge on any atom is 0.345 e. The van der Waals surface area contributed by atoms with Gasteiger partial charge in [-0.1, -0.05) is 6.92 Å². The fraction of sp³-hybridized carbons (Fsp3) is 0.500. The van der Waals surface area contributed by atoms with Crippen LogP contribution in [0.15, 0.2) is 11.0 Å². The van der Waals surface area contributed by atoms with Gasteiger partial charge in [0.25, 0.3) is 5.56 Å². The van der Waals surface area contributed by atoms with Crippen LogP contribution in [-0.2, 0) is 9.53 Å². The van der Waals surface area contributed by atoms with E-state index in [1.165, 1.54) is 0 Å². The van der Waals surface area contributed by atoms with Crippen molar-refractivity contribution in [3.8, 4) is 0 Å². The Balaban J connectivity index is 2.78. The lowest BCUT2D eigenvalue weighted by atomic mass is 10.3. The summed E-state index contributed by atoms with van der Waals surface area (Å²) in [6.07, 6.45) is 1.96. The molecule has 1 rings (SSSR count). The molecular weight excluding hydrogens is 228 g/mol. The molecule has 0 unspecified atom stereocenters. The first-order valence-corrected chi connectivity index (χ1v) is 5.28. The zero-order valence-electron chi connectivity index (χ0n) is 9.69. The summed E-state index contributed by atoms with van der Waals surface area (Å²) in [4.78, 5) is 39.3. The highest BCUT2D eigenvalue weighted by Crippen LogP contribution is 1.95. The summed E-state index contributed by atoms with van der Waals surface area (Å²) in [7, 11) is 0. The van der Waals surface area contributed by atoms with E-state index in [9.17, 15) is 14.4 Å². The number of nitrogens with one attached hydrogen (secondary N) is 1. The van der Waals surface area contributed by atoms with Gasteiger partial charge in [0.2, 0.25) is 0 Å². The molecule has 0 saturated carbocycles. The molecule has 0 aliphatic heterocycles. The van der Waals surface area contributed by atoms with Gasteiger partial charge in [0, 0.05) is 6.42 Å². The molecule has 0 bridgehead atoms. The Hall–Kier alpha value is -2.05. The summed E-state index contributed by atoms with van der Waals surface area (Å²) in [5.41, 5.74) is -0.858. The third-order valence-electron chi connectivity index (χ3n) is 1.85. The van der Waals surface area contributed by atoms with E-state index in [0.29, 0.717) is 6.42 Å². The molecular formula is C10H14N2O5. The lowest BCUT2D eigenvalue weighted by molar-refractivity contribution is -0.145. The largest absolute Gasteiger partial charge is 0.462 e. The molecule has 1 heterocycles. The summed E-state index contributed by atoms with van der Waals surface area (Å²) >= 11 is 0. The average Bonchev–Trinajstić information content (AvgIpc) is 2.60. The molecule has 0 radical (unpaired) electrons. The van der Waals surface area contributed by atoms with Gasteiger partial charge in [0.05, 0.1) is 12.8 Å². The number of hydrogen-bond donors (Lipinski definition) is 1. The number of carbonyl (C=O) groups is 2. The minimum absolute atomic E-state index is 0.166. The Kier molecular flexibility index (Phi) is 4.50. The molecule has 1 aromatic heterocycles. The lowest BCUT2D eigenvalue weighted by Gasteiger charge is -2.01. The summed E-state index contributed by atoms with van der Waals surface area (Å²) in [5, 5.41) is 2.19. The molecule has 94 valence electrons. The third-order valence-corrected chi connectivity index (χ3v) is 1.85. The van der Waals surface area contributed by atoms with Gasteiger partial charge in [-0.05, 0) is 13.3 Å². The van der Waals surface area contributed by atoms with E-state index in [1.54, 1.807) is 6.92 Å². The molecule has 0 aliphatic rings. The van der Waals surface area contributed by atoms with Crippen LogP contribution in [0.3, 0.4) is 0 Å². The van der Waals surface area contributed by atoms with Gasteiger partial charge in [-0.3, -0.25) is 4.79 Å². The minimum Gasteiger partial charge on any atom is -0.462 e. The van der Waals surface area contributed by atoms with E-state index in [-0.39, 0.29) is 18.6 Å². The number of esters is 1. The van der Waals surface area contributed by atoms with E-state index in [4.69, 9.17) is 4.84 Å². The maximum absolute atomic E-state index is 11.3. The van der Waals surface area contributed by atoms with Crippen molar-refractivity contribution >= 4 is 11.9 Å². The first kappa shape index (κ1) is 13.0. The first-order chi connectivity index (χ1) is 8.08. The number of aromatic nitrogens is 2. The van der Waals surface area contributed by atoms with Crippen molar-refractivity contribution in [1.29, 1.82) is 0 Å². The Morgan fingerprint density at radius 3 is 2.71 bits per heavy atom. The number of rotatable bonds is 5. The highest BCUT2D eigenvalue weighted by atomic mass is 16.7. The minimum atomic E-state index is -0.751. The second kappa shape index (κ2) is 5.88. The molecule has 0 spiro atoms. The molecule has 0 saturated heterocycles. The van der Waals surface area contributed by atoms with Crippen LogP contribution in [0.4, 0.5) is 0 Å². The molecule has 0 atom stereocenters. The van der Waals surface area contributed by atoms with E-state index >= 15 is 0 Å². The zero-order valence-corrected chi connectivity index (χ0v) is 9.69. The fourth-order valence-corrected chi connectivity index (χ4v) is 1.13. The van der Waals surface area contributed by atoms with Crippen molar-refractivity contribution < 1.29 is 19.2 Å². The molecule has 0 fully saturated rings. The lowest BCUT2D eigenvalue weighted by Crippen LogP contribution is -2.21. The number of aromatic amines is 1. The maximum atomic E-state index is 11.3. The van der Waals surface area contributed by atoms with Crippen LogP contribution in [0.2, 0.25) is 0 Å². The molecule has 7 nitrogen and oxygen atoms in total. The Labute approximate surface area is 97.3 Å². The summed E-state index contributed by atoms with van der Waals surface area (Å²) in [6.45, 7) is 3.62. The van der Waals surface area contributed by atoms with Crippen molar-refractivity contribution in [1.82, 2.24) is 9.94 Å². The standard InChI is InChI=1S/C10H14N2O5/c1-3-5-8(13)17-12-6-7(9(14)11-12)10(15)16-4-2/h6H,3-5H2,1-2H3,(H,11,14). The fourth-order valence-electron chi connectivity index (χ4n) is 1.13. The SMILES string of the molecule is CCCC(=O)On1cc(C(=O)OCC)c(=O)[nH]1. The van der Waals surface area contributed by atoms with Crippen molar-refractivity contribution in [2.45, 2.75) is 26.7 Å². The van der Waals surface area contributed by atoms with Crippen molar-refractivity contribution in [3.05, 3.63) is 22.1 Å². The quantitative estimate of drug-likeness (QED) is 0.740. The van der Waals surface area contributed by atoms with E-state index < -0.39 is 17.5 Å². The molecule has 7 heteroatoms. The average molecular weight is 242 g/mol. The highest BCUT2D eigenvalue weighted by molar-refractivity contribution is 5.88. The predicted octanol–water partition coefficient (Wildman–Crippen LogP) is 0.108. The van der Waals surface area contributed by atoms with Gasteiger partial charge in [0.1, 0.15) is 5.56 Å². The van der Waals surface area contributed by atoms with E-state index in [0.717, 1.165) is 11.0 Å². The van der Waals surface area contributed by atoms with Gasteiger partial charge in [-0.25, -0.2) is 14.7 Å². The van der Waals surface area contributed by atoms with Gasteiger partial charge < -0.3 is 9.57 Å². The summed E-state index contributed by atoms with van der Waals surface area (Å²) < 4.78 is 4.66. The number of hydrogen-bond acceptors (Lipinski definition) is 5. The number of H-pyrrole nitrogens is 1. The molecule has 0 amide bonds. The number of ether oxygens (including phenoxy) is 1. The van der Waals surface area contributed by atoms with Gasteiger partial charge in [-0.15, -0.1) is 4.85 Å². The molecule has 1 N–H and O–H groups in total. The molecule has 0 aromatic carbocycles. The van der Waals surface area contributed by atoms with Crippen LogP contribution < -0.4 is 10.4 Å². The Morgan fingerprint density at radius 2 is 2.12 bits per heavy atom. The Bertz CT molecular complexity index is 460. The van der Waals surface area contributed by atoms with Crippen LogP contribution in [0, 0.1) is 0 Å². The van der Waals surface area contributed by atoms with E-state index in [1.807, 2.05) is 6.92 Å². The third kappa shape index (κ3) is 3.47. The van der Waals surface area contributed by atoms with Crippen molar-refractivity contribution in [2.24, 2.45) is 0 Å². The topological polar surface area (TPSA) is 90.4 Å². The highest BCUT2D eigenvalue weighted by Gasteiger charge is 2.15. The zero-order chi connectivity index (χ0) is 12.8. The summed E-state index contributed by atoms with van der Waals surface area (Å²) in [6, 6.07) is 0. The van der Waals surface area contributed by atoms with Crippen LogP contribution in [-0.4, -0.2) is 28.5 Å². The predicted molar refractivity (Wildman–Crippen MR) is 57.5 cm³/mol. The first-order valence-electron chi connectivity index (χ1n) is 5.28. The monoisotopic (exact) mass is 242 g/mol. The second-order valence-corrected chi connectivity index (χ2v) is 3.24. The van der Waals surface area contributed by atoms with Crippen LogP contribution in [0.5, 0.6) is 0 Å². The Morgan fingerprint density at radius 1 is 1.41 bits per heavy atom. The van der Waals surface area contributed by atoms with Gasteiger partial charge >= 0.3 is 11.9 Å². The van der Waals surface area contributed by atoms with Crippen molar-refractivity contribution in [3.63, 3.8) is 0 Å². The number of nitrogens with zero attached hydrogens (tertiary/aromatic N) is 1. The van der Waals surface area contributed by atoms with Crippen LogP contribution in [0.25, 0.3) is 0 Å². The molecule has 0 aliphatic carbocycles. The van der Waals surface area contributed by atoms with Crippen molar-refractivity contribution in [2.75, 3.05) is 6.61 Å². The smallest absolute Gasteiger partial charge is 0.345 e. The summed E-state index contributed by atoms with van der Waals surface area (Å²) in [5.74, 6) is -1.24. The van der Waals surface area contributed by atoms with Gasteiger partial charge in [-0.2, -0.15) is 0 Å². The normalized spacial score (nSPS) is 10.0.